The number of fused-ring (bicyclic) bond motifs is 1. The van der Waals surface area contributed by atoms with Crippen molar-refractivity contribution in [2.24, 2.45) is 0 Å². The van der Waals surface area contributed by atoms with Crippen LogP contribution in [0, 0.1) is 5.82 Å². The molecule has 10 heteroatoms. The number of benzene rings is 2. The number of nitrogens with one attached hydrogen (secondary N) is 1. The Morgan fingerprint density at radius 2 is 1.79 bits per heavy atom. The Hall–Kier alpha value is -2.82. The summed E-state index contributed by atoms with van der Waals surface area (Å²) in [6.45, 7) is 4.68. The molecule has 2 aliphatic rings. The third-order valence-corrected chi connectivity index (χ3v) is 7.92. The fourth-order valence-corrected chi connectivity index (χ4v) is 5.50. The van der Waals surface area contributed by atoms with Crippen molar-refractivity contribution < 1.29 is 27.1 Å². The molecule has 33 heavy (non-hydrogen) atoms. The molecule has 0 atom stereocenters. The number of nitrogens with zero attached hydrogens (tertiary/aromatic N) is 2. The van der Waals surface area contributed by atoms with E-state index in [1.165, 1.54) is 33.5 Å². The van der Waals surface area contributed by atoms with Gasteiger partial charge >= 0.3 is 0 Å². The van der Waals surface area contributed by atoms with Crippen molar-refractivity contribution in [3.8, 4) is 0 Å². The first-order valence-electron chi connectivity index (χ1n) is 10.7. The van der Waals surface area contributed by atoms with Gasteiger partial charge < -0.3 is 15.0 Å². The van der Waals surface area contributed by atoms with Crippen LogP contribution in [0.15, 0.2) is 47.4 Å². The van der Waals surface area contributed by atoms with Crippen molar-refractivity contribution in [1.29, 1.82) is 0 Å². The maximum atomic E-state index is 13.1. The molecule has 2 aliphatic heterocycles. The summed E-state index contributed by atoms with van der Waals surface area (Å²) < 4.78 is 45.8. The molecule has 4 rings (SSSR count). The maximum Gasteiger partial charge on any atom is 0.243 e. The van der Waals surface area contributed by atoms with E-state index in [0.717, 1.165) is 5.56 Å². The van der Waals surface area contributed by atoms with E-state index in [0.29, 0.717) is 24.5 Å². The molecule has 0 aliphatic carbocycles. The van der Waals surface area contributed by atoms with Crippen LogP contribution >= 0.6 is 0 Å². The highest BCUT2D eigenvalue weighted by Crippen LogP contribution is 2.42. The lowest BCUT2D eigenvalue weighted by Gasteiger charge is -2.26. The number of morpholine rings is 1. The third kappa shape index (κ3) is 4.50. The summed E-state index contributed by atoms with van der Waals surface area (Å²) in [5, 5.41) is 2.73. The highest BCUT2D eigenvalue weighted by Gasteiger charge is 2.45. The second kappa shape index (κ2) is 8.85. The van der Waals surface area contributed by atoms with Gasteiger partial charge in [-0.1, -0.05) is 12.1 Å². The van der Waals surface area contributed by atoms with E-state index in [-0.39, 0.29) is 48.7 Å². The number of anilines is 1. The van der Waals surface area contributed by atoms with Gasteiger partial charge in [0.2, 0.25) is 21.8 Å². The molecular weight excluding hydrogens is 449 g/mol. The van der Waals surface area contributed by atoms with E-state index in [1.807, 2.05) is 0 Å². The van der Waals surface area contributed by atoms with Crippen LogP contribution in [0.1, 0.15) is 25.0 Å². The number of halogens is 1. The number of carbonyl (C=O) groups is 2. The lowest BCUT2D eigenvalue weighted by Crippen LogP contribution is -2.42. The molecule has 176 valence electrons. The van der Waals surface area contributed by atoms with Crippen molar-refractivity contribution in [2.75, 3.05) is 37.7 Å². The smallest absolute Gasteiger partial charge is 0.243 e. The lowest BCUT2D eigenvalue weighted by molar-refractivity contribution is -0.125. The largest absolute Gasteiger partial charge is 0.379 e. The minimum Gasteiger partial charge on any atom is -0.379 e. The van der Waals surface area contributed by atoms with Crippen LogP contribution in [-0.4, -0.2) is 57.4 Å². The first kappa shape index (κ1) is 23.3. The second-order valence-electron chi connectivity index (χ2n) is 8.61. The highest BCUT2D eigenvalue weighted by atomic mass is 32.2. The SMILES string of the molecule is CC1(C)C(=O)N(CC(=O)NCc2ccc(F)cc2)c2ccc(S(=O)(=O)N3CCOCC3)cc21. The van der Waals surface area contributed by atoms with E-state index in [9.17, 15) is 22.4 Å². The minimum absolute atomic E-state index is 0.117. The third-order valence-electron chi connectivity index (χ3n) is 6.02. The van der Waals surface area contributed by atoms with Gasteiger partial charge in [0.05, 0.1) is 23.5 Å². The molecule has 0 radical (unpaired) electrons. The average Bonchev–Trinajstić information content (AvgIpc) is 2.99. The molecule has 1 saturated heterocycles. The van der Waals surface area contributed by atoms with E-state index in [4.69, 9.17) is 4.74 Å². The Labute approximate surface area is 192 Å². The zero-order chi connectivity index (χ0) is 23.8. The molecule has 8 nitrogen and oxygen atoms in total. The Balaban J connectivity index is 1.53. The summed E-state index contributed by atoms with van der Waals surface area (Å²) in [6, 6.07) is 10.4. The molecule has 0 aromatic heterocycles. The van der Waals surface area contributed by atoms with E-state index in [2.05, 4.69) is 5.32 Å². The molecule has 0 bridgehead atoms. The topological polar surface area (TPSA) is 96.0 Å². The number of sulfonamides is 1. The second-order valence-corrected chi connectivity index (χ2v) is 10.6. The Morgan fingerprint density at radius 3 is 2.45 bits per heavy atom. The fraction of sp³-hybridized carbons (Fsp3) is 0.391. The Kier molecular flexibility index (Phi) is 6.26. The number of carbonyl (C=O) groups excluding carboxylic acids is 2. The Morgan fingerprint density at radius 1 is 1.12 bits per heavy atom. The van der Waals surface area contributed by atoms with Crippen LogP contribution in [0.25, 0.3) is 0 Å². The molecular formula is C23H26FN3O5S. The van der Waals surface area contributed by atoms with Crippen molar-refractivity contribution in [3.05, 3.63) is 59.4 Å². The van der Waals surface area contributed by atoms with Gasteiger partial charge in [-0.2, -0.15) is 4.31 Å². The minimum atomic E-state index is -3.72. The summed E-state index contributed by atoms with van der Waals surface area (Å²) in [6.07, 6.45) is 0. The summed E-state index contributed by atoms with van der Waals surface area (Å²) in [5.41, 5.74) is 0.829. The number of amides is 2. The predicted octanol–water partition coefficient (Wildman–Crippen LogP) is 1.79. The van der Waals surface area contributed by atoms with Gasteiger partial charge in [0.1, 0.15) is 12.4 Å². The van der Waals surface area contributed by atoms with Crippen LogP contribution in [0.4, 0.5) is 10.1 Å². The van der Waals surface area contributed by atoms with Gasteiger partial charge in [-0.3, -0.25) is 9.59 Å². The van der Waals surface area contributed by atoms with Crippen molar-refractivity contribution >= 4 is 27.5 Å². The summed E-state index contributed by atoms with van der Waals surface area (Å²) in [4.78, 5) is 27.2. The van der Waals surface area contributed by atoms with Crippen molar-refractivity contribution in [1.82, 2.24) is 9.62 Å². The average molecular weight is 476 g/mol. The first-order valence-corrected chi connectivity index (χ1v) is 12.1. The van der Waals surface area contributed by atoms with Gasteiger partial charge in [0.15, 0.2) is 0 Å². The molecule has 2 amide bonds. The van der Waals surface area contributed by atoms with Crippen LogP contribution < -0.4 is 10.2 Å². The van der Waals surface area contributed by atoms with Crippen molar-refractivity contribution in [2.45, 2.75) is 30.7 Å². The number of rotatable bonds is 6. The lowest BCUT2D eigenvalue weighted by atomic mass is 9.86. The maximum absolute atomic E-state index is 13.1. The van der Waals surface area contributed by atoms with E-state index < -0.39 is 15.4 Å². The standard InChI is InChI=1S/C23H26FN3O5S/c1-23(2)19-13-18(33(30,31)26-9-11-32-12-10-26)7-8-20(19)27(22(23)29)15-21(28)25-14-16-3-5-17(24)6-4-16/h3-8,13H,9-12,14-15H2,1-2H3,(H,25,28). The summed E-state index contributed by atoms with van der Waals surface area (Å²) in [7, 11) is -3.72. The summed E-state index contributed by atoms with van der Waals surface area (Å²) in [5.74, 6) is -1.02. The normalized spacial score (nSPS) is 18.3. The van der Waals surface area contributed by atoms with Gasteiger partial charge in [-0.15, -0.1) is 0 Å². The monoisotopic (exact) mass is 475 g/mol. The van der Waals surface area contributed by atoms with E-state index in [1.54, 1.807) is 32.0 Å². The molecule has 0 spiro atoms. The number of hydrogen-bond donors (Lipinski definition) is 1. The fourth-order valence-electron chi connectivity index (χ4n) is 4.07. The number of ether oxygens (including phenoxy) is 1. The first-order chi connectivity index (χ1) is 15.6. The Bertz CT molecular complexity index is 1180. The van der Waals surface area contributed by atoms with Crippen molar-refractivity contribution in [3.63, 3.8) is 0 Å². The molecule has 2 aromatic carbocycles. The van der Waals surface area contributed by atoms with Gasteiger partial charge in [0.25, 0.3) is 0 Å². The van der Waals surface area contributed by atoms with Crippen LogP contribution in [0.3, 0.4) is 0 Å². The van der Waals surface area contributed by atoms with Gasteiger partial charge in [-0.05, 0) is 55.3 Å². The highest BCUT2D eigenvalue weighted by molar-refractivity contribution is 7.89. The number of hydrogen-bond acceptors (Lipinski definition) is 5. The predicted molar refractivity (Wildman–Crippen MR) is 120 cm³/mol. The zero-order valence-electron chi connectivity index (χ0n) is 18.5. The van der Waals surface area contributed by atoms with Crippen LogP contribution in [0.2, 0.25) is 0 Å². The van der Waals surface area contributed by atoms with E-state index >= 15 is 0 Å². The molecule has 1 N–H and O–H groups in total. The molecule has 2 heterocycles. The molecule has 0 unspecified atom stereocenters. The van der Waals surface area contributed by atoms with Gasteiger partial charge in [0, 0.05) is 25.3 Å². The quantitative estimate of drug-likeness (QED) is 0.687. The molecule has 0 saturated carbocycles. The van der Waals surface area contributed by atoms with Gasteiger partial charge in [-0.25, -0.2) is 12.8 Å². The van der Waals surface area contributed by atoms with Crippen LogP contribution in [0.5, 0.6) is 0 Å². The molecule has 2 aromatic rings. The summed E-state index contributed by atoms with van der Waals surface area (Å²) >= 11 is 0. The molecule has 1 fully saturated rings. The zero-order valence-corrected chi connectivity index (χ0v) is 19.3. The van der Waals surface area contributed by atoms with Crippen LogP contribution in [-0.2, 0) is 36.3 Å².